The number of hydrogen-bond acceptors (Lipinski definition) is 8. The highest BCUT2D eigenvalue weighted by atomic mass is 16.6. The highest BCUT2D eigenvalue weighted by Crippen LogP contribution is 2.25. The summed E-state index contributed by atoms with van der Waals surface area (Å²) in [5, 5.41) is 2.68. The molecule has 3 rings (SSSR count). The maximum Gasteiger partial charge on any atom is 0.407 e. The van der Waals surface area contributed by atoms with E-state index in [0.29, 0.717) is 24.0 Å². The molecule has 2 heterocycles. The Morgan fingerprint density at radius 1 is 1.08 bits per heavy atom. The topological polar surface area (TPSA) is 129 Å². The van der Waals surface area contributed by atoms with Crippen LogP contribution in [0.25, 0.3) is 0 Å². The zero-order chi connectivity index (χ0) is 27.3. The first-order valence-corrected chi connectivity index (χ1v) is 12.2. The largest absolute Gasteiger partial charge is 0.468 e. The molecular weight excluding hydrogens is 480 g/mol. The summed E-state index contributed by atoms with van der Waals surface area (Å²) in [5.74, 6) is -1.11. The molecule has 1 aromatic carbocycles. The lowest BCUT2D eigenvalue weighted by Crippen LogP contribution is -2.53. The van der Waals surface area contributed by atoms with E-state index in [9.17, 15) is 24.0 Å². The molecule has 37 heavy (non-hydrogen) atoms. The van der Waals surface area contributed by atoms with Gasteiger partial charge in [0.2, 0.25) is 0 Å². The highest BCUT2D eigenvalue weighted by Gasteiger charge is 2.35. The number of nitrogens with one attached hydrogen (secondary N) is 1. The summed E-state index contributed by atoms with van der Waals surface area (Å²) in [4.78, 5) is 65.5. The van der Waals surface area contributed by atoms with Gasteiger partial charge < -0.3 is 14.8 Å². The van der Waals surface area contributed by atoms with Crippen LogP contribution < -0.4 is 16.6 Å². The number of esters is 1. The van der Waals surface area contributed by atoms with Crippen LogP contribution in [0.3, 0.4) is 0 Å². The molecule has 1 N–H and O–H groups in total. The molecule has 0 aliphatic carbocycles. The summed E-state index contributed by atoms with van der Waals surface area (Å²) in [7, 11) is 1.31. The lowest BCUT2D eigenvalue weighted by molar-refractivity contribution is -0.148. The van der Waals surface area contributed by atoms with Gasteiger partial charge in [0.15, 0.2) is 0 Å². The SMILES string of the molecule is COC(=O)[C@H]1CC[C@H](n2cc(C)c(=O)n(C(=O)c3ccccc3)c2=O)CN1CCNC(=O)OC(C)(C)C. The van der Waals surface area contributed by atoms with E-state index in [0.717, 1.165) is 0 Å². The number of rotatable bonds is 6. The fourth-order valence-corrected chi connectivity index (χ4v) is 4.36. The van der Waals surface area contributed by atoms with Crippen molar-refractivity contribution in [3.63, 3.8) is 0 Å². The second-order valence-electron chi connectivity index (χ2n) is 10.0. The summed E-state index contributed by atoms with van der Waals surface area (Å²) in [6, 6.07) is 7.16. The Hall–Kier alpha value is -3.73. The molecule has 0 unspecified atom stereocenters. The maximum atomic E-state index is 13.4. The summed E-state index contributed by atoms with van der Waals surface area (Å²) in [6.45, 7) is 7.60. The fourth-order valence-electron chi connectivity index (χ4n) is 4.36. The number of likely N-dealkylation sites (tertiary alicyclic amines) is 1. The molecule has 0 saturated carbocycles. The molecule has 1 fully saturated rings. The van der Waals surface area contributed by atoms with Gasteiger partial charge in [-0.05, 0) is 52.7 Å². The zero-order valence-electron chi connectivity index (χ0n) is 21.9. The Morgan fingerprint density at radius 2 is 1.76 bits per heavy atom. The Balaban J connectivity index is 1.86. The van der Waals surface area contributed by atoms with Crippen LogP contribution in [0.15, 0.2) is 46.1 Å². The molecule has 2 atom stereocenters. The van der Waals surface area contributed by atoms with Gasteiger partial charge in [0, 0.05) is 37.0 Å². The third kappa shape index (κ3) is 6.73. The first-order valence-electron chi connectivity index (χ1n) is 12.2. The number of carbonyl (C=O) groups is 3. The lowest BCUT2D eigenvalue weighted by atomic mass is 9.97. The van der Waals surface area contributed by atoms with Gasteiger partial charge in [-0.1, -0.05) is 18.2 Å². The maximum absolute atomic E-state index is 13.4. The molecule has 0 radical (unpaired) electrons. The average molecular weight is 515 g/mol. The molecule has 1 aromatic heterocycles. The van der Waals surface area contributed by atoms with Crippen molar-refractivity contribution in [2.75, 3.05) is 26.7 Å². The van der Waals surface area contributed by atoms with Crippen LogP contribution in [-0.2, 0) is 14.3 Å². The van der Waals surface area contributed by atoms with Crippen molar-refractivity contribution in [3.05, 3.63) is 68.5 Å². The fraction of sp³-hybridized carbons (Fsp3) is 0.500. The molecule has 1 saturated heterocycles. The number of hydrogen-bond donors (Lipinski definition) is 1. The summed E-state index contributed by atoms with van der Waals surface area (Å²) >= 11 is 0. The Bertz CT molecular complexity index is 1260. The number of amides is 1. The van der Waals surface area contributed by atoms with Gasteiger partial charge in [-0.3, -0.25) is 23.9 Å². The van der Waals surface area contributed by atoms with Crippen molar-refractivity contribution in [3.8, 4) is 0 Å². The Morgan fingerprint density at radius 3 is 2.38 bits per heavy atom. The number of nitrogens with zero attached hydrogens (tertiary/aromatic N) is 3. The number of benzene rings is 1. The molecule has 11 heteroatoms. The standard InChI is InChI=1S/C26H34N4O7/c1-17-15-29(25(35)30(21(17)31)22(32)18-9-7-6-8-10-18)19-11-12-20(23(33)36-5)28(16-19)14-13-27-24(34)37-26(2,3)4/h6-10,15,19-20H,11-14,16H2,1-5H3,(H,27,34)/t19-,20+/m0/s1. The molecule has 1 amide bonds. The minimum absolute atomic E-state index is 0.203. The van der Waals surface area contributed by atoms with Crippen molar-refractivity contribution in [1.29, 1.82) is 0 Å². The van der Waals surface area contributed by atoms with Gasteiger partial charge in [0.1, 0.15) is 11.6 Å². The summed E-state index contributed by atoms with van der Waals surface area (Å²) in [5.41, 5.74) is -1.58. The van der Waals surface area contributed by atoms with E-state index >= 15 is 0 Å². The number of alkyl carbamates (subject to hydrolysis) is 1. The molecule has 200 valence electrons. The number of carbonyl (C=O) groups excluding carboxylic acids is 3. The van der Waals surface area contributed by atoms with Crippen molar-refractivity contribution < 1.29 is 23.9 Å². The lowest BCUT2D eigenvalue weighted by Gasteiger charge is -2.38. The van der Waals surface area contributed by atoms with E-state index in [1.54, 1.807) is 58.0 Å². The number of ether oxygens (including phenoxy) is 2. The predicted molar refractivity (Wildman–Crippen MR) is 136 cm³/mol. The van der Waals surface area contributed by atoms with E-state index in [1.807, 2.05) is 4.90 Å². The minimum Gasteiger partial charge on any atom is -0.468 e. The van der Waals surface area contributed by atoms with E-state index in [-0.39, 0.29) is 24.2 Å². The van der Waals surface area contributed by atoms with Crippen LogP contribution in [0.2, 0.25) is 0 Å². The van der Waals surface area contributed by atoms with E-state index in [1.165, 1.54) is 17.9 Å². The van der Waals surface area contributed by atoms with Crippen LogP contribution in [-0.4, -0.2) is 70.4 Å². The highest BCUT2D eigenvalue weighted by molar-refractivity contribution is 5.95. The van der Waals surface area contributed by atoms with E-state index in [2.05, 4.69) is 5.32 Å². The molecule has 1 aliphatic rings. The number of piperidine rings is 1. The van der Waals surface area contributed by atoms with Gasteiger partial charge in [-0.15, -0.1) is 0 Å². The van der Waals surface area contributed by atoms with Gasteiger partial charge in [-0.2, -0.15) is 4.57 Å². The first-order chi connectivity index (χ1) is 17.4. The van der Waals surface area contributed by atoms with E-state index in [4.69, 9.17) is 9.47 Å². The second-order valence-corrected chi connectivity index (χ2v) is 10.0. The Kier molecular flexibility index (Phi) is 8.69. The van der Waals surface area contributed by atoms with Crippen molar-refractivity contribution >= 4 is 18.0 Å². The molecule has 11 nitrogen and oxygen atoms in total. The van der Waals surface area contributed by atoms with Crippen LogP contribution in [0, 0.1) is 6.92 Å². The number of aromatic nitrogens is 2. The number of aryl methyl sites for hydroxylation is 1. The third-order valence-electron chi connectivity index (χ3n) is 6.10. The quantitative estimate of drug-likeness (QED) is 0.577. The monoisotopic (exact) mass is 514 g/mol. The van der Waals surface area contributed by atoms with Crippen LogP contribution >= 0.6 is 0 Å². The normalized spacial score (nSPS) is 18.2. The molecule has 2 aromatic rings. The van der Waals surface area contributed by atoms with Gasteiger partial charge >= 0.3 is 17.8 Å². The third-order valence-corrected chi connectivity index (χ3v) is 6.10. The summed E-state index contributed by atoms with van der Waals surface area (Å²) in [6.07, 6.45) is 1.72. The Labute approximate surface area is 215 Å². The summed E-state index contributed by atoms with van der Waals surface area (Å²) < 4.78 is 12.3. The smallest absolute Gasteiger partial charge is 0.407 e. The van der Waals surface area contributed by atoms with E-state index < -0.39 is 46.9 Å². The van der Waals surface area contributed by atoms with Gasteiger partial charge in [0.05, 0.1) is 13.2 Å². The minimum atomic E-state index is -0.738. The molecule has 1 aliphatic heterocycles. The van der Waals surface area contributed by atoms with Crippen molar-refractivity contribution in [2.45, 2.75) is 58.2 Å². The van der Waals surface area contributed by atoms with Crippen LogP contribution in [0.4, 0.5) is 4.79 Å². The molecule has 0 bridgehead atoms. The van der Waals surface area contributed by atoms with Gasteiger partial charge in [0.25, 0.3) is 11.5 Å². The second kappa shape index (κ2) is 11.5. The number of methoxy groups -OCH3 is 1. The average Bonchev–Trinajstić information content (AvgIpc) is 2.85. The van der Waals surface area contributed by atoms with Crippen LogP contribution in [0.1, 0.15) is 55.6 Å². The van der Waals surface area contributed by atoms with Crippen molar-refractivity contribution in [1.82, 2.24) is 19.4 Å². The molecule has 0 spiro atoms. The predicted octanol–water partition coefficient (Wildman–Crippen LogP) is 1.71. The first kappa shape index (κ1) is 27.9. The molecular formula is C26H34N4O7. The van der Waals surface area contributed by atoms with Gasteiger partial charge in [-0.25, -0.2) is 9.59 Å². The van der Waals surface area contributed by atoms with Crippen LogP contribution in [0.5, 0.6) is 0 Å². The van der Waals surface area contributed by atoms with Crippen molar-refractivity contribution in [2.24, 2.45) is 0 Å². The zero-order valence-corrected chi connectivity index (χ0v) is 21.9.